The minimum atomic E-state index is -0.0677. The molecule has 0 spiro atoms. The second-order valence-corrected chi connectivity index (χ2v) is 9.79. The van der Waals surface area contributed by atoms with E-state index in [1.54, 1.807) is 6.07 Å². The number of ether oxygens (including phenoxy) is 1. The number of benzene rings is 2. The Labute approximate surface area is 218 Å². The topological polar surface area (TPSA) is 63.7 Å². The van der Waals surface area contributed by atoms with Gasteiger partial charge >= 0.3 is 0 Å². The number of aryl methyl sites for hydroxylation is 3. The zero-order valence-electron chi connectivity index (χ0n) is 22.0. The number of nitrogens with zero attached hydrogens (tertiary/aromatic N) is 4. The summed E-state index contributed by atoms with van der Waals surface area (Å²) < 4.78 is 13.8. The fraction of sp³-hybridized carbons (Fsp3) is 0.333. The summed E-state index contributed by atoms with van der Waals surface area (Å²) in [5.41, 5.74) is 6.75. The molecule has 192 valence electrons. The highest BCUT2D eigenvalue weighted by Crippen LogP contribution is 2.23. The molecule has 2 aromatic heterocycles. The molecule has 0 aliphatic carbocycles. The average Bonchev–Trinajstić information content (AvgIpc) is 3.50. The Bertz CT molecular complexity index is 1380. The fourth-order valence-electron chi connectivity index (χ4n) is 4.80. The molecular weight excluding hydrogens is 464 g/mol. The van der Waals surface area contributed by atoms with E-state index in [1.807, 2.05) is 59.8 Å². The maximum atomic E-state index is 13.1. The van der Waals surface area contributed by atoms with E-state index in [0.717, 1.165) is 53.6 Å². The molecule has 1 amide bonds. The number of carbonyl (C=O) groups is 1. The monoisotopic (exact) mass is 498 g/mol. The minimum Gasteiger partial charge on any atom is -0.485 e. The smallest absolute Gasteiger partial charge is 0.289 e. The molecule has 1 saturated heterocycles. The van der Waals surface area contributed by atoms with Crippen LogP contribution in [0.5, 0.6) is 5.75 Å². The van der Waals surface area contributed by atoms with Crippen LogP contribution in [-0.2, 0) is 13.2 Å². The Morgan fingerprint density at radius 1 is 0.946 bits per heavy atom. The first-order valence-electron chi connectivity index (χ1n) is 12.8. The Morgan fingerprint density at radius 2 is 1.70 bits per heavy atom. The first-order chi connectivity index (χ1) is 17.9. The van der Waals surface area contributed by atoms with Gasteiger partial charge in [-0.2, -0.15) is 5.10 Å². The van der Waals surface area contributed by atoms with Crippen LogP contribution in [0.1, 0.15) is 44.4 Å². The zero-order valence-corrected chi connectivity index (χ0v) is 22.0. The van der Waals surface area contributed by atoms with Gasteiger partial charge in [0.25, 0.3) is 5.91 Å². The van der Waals surface area contributed by atoms with Crippen LogP contribution in [0.4, 0.5) is 0 Å². The number of amides is 1. The lowest BCUT2D eigenvalue weighted by atomic mass is 10.1. The van der Waals surface area contributed by atoms with Crippen molar-refractivity contribution in [1.82, 2.24) is 19.6 Å². The molecule has 1 aliphatic heterocycles. The van der Waals surface area contributed by atoms with Gasteiger partial charge in [-0.15, -0.1) is 0 Å². The van der Waals surface area contributed by atoms with E-state index < -0.39 is 0 Å². The van der Waals surface area contributed by atoms with Gasteiger partial charge in [-0.1, -0.05) is 30.3 Å². The number of carbonyl (C=O) groups excluding carboxylic acids is 1. The maximum Gasteiger partial charge on any atom is 0.289 e. The number of piperazine rings is 1. The molecule has 7 nitrogen and oxygen atoms in total. The SMILES string of the molecule is Cc1ccc(C)c(OCc2ccc(C(=O)N3CCN(Cc4c(C)nn(-c5ccccc5)c4C)CC3)o2)c1. The third-order valence-electron chi connectivity index (χ3n) is 7.07. The molecule has 7 heteroatoms. The number of rotatable bonds is 7. The van der Waals surface area contributed by atoms with Crippen molar-refractivity contribution in [3.63, 3.8) is 0 Å². The van der Waals surface area contributed by atoms with Gasteiger partial charge < -0.3 is 14.1 Å². The minimum absolute atomic E-state index is 0.0677. The highest BCUT2D eigenvalue weighted by atomic mass is 16.5. The van der Waals surface area contributed by atoms with Gasteiger partial charge in [0.1, 0.15) is 18.1 Å². The number of para-hydroxylation sites is 1. The molecule has 0 atom stereocenters. The average molecular weight is 499 g/mol. The largest absolute Gasteiger partial charge is 0.485 e. The third-order valence-corrected chi connectivity index (χ3v) is 7.07. The second kappa shape index (κ2) is 10.6. The third kappa shape index (κ3) is 5.47. The summed E-state index contributed by atoms with van der Waals surface area (Å²) in [5.74, 6) is 1.77. The van der Waals surface area contributed by atoms with E-state index in [4.69, 9.17) is 14.3 Å². The van der Waals surface area contributed by atoms with Crippen LogP contribution < -0.4 is 4.74 Å². The quantitative estimate of drug-likeness (QED) is 0.349. The van der Waals surface area contributed by atoms with Crippen molar-refractivity contribution >= 4 is 5.91 Å². The molecule has 0 saturated carbocycles. The second-order valence-electron chi connectivity index (χ2n) is 9.79. The van der Waals surface area contributed by atoms with E-state index in [0.29, 0.717) is 31.2 Å². The van der Waals surface area contributed by atoms with Crippen molar-refractivity contribution in [3.05, 3.63) is 100 Å². The van der Waals surface area contributed by atoms with E-state index in [1.165, 1.54) is 5.56 Å². The predicted octanol–water partition coefficient (Wildman–Crippen LogP) is 5.24. The number of hydrogen-bond donors (Lipinski definition) is 0. The van der Waals surface area contributed by atoms with Gasteiger partial charge in [0.05, 0.1) is 11.4 Å². The molecule has 0 unspecified atom stereocenters. The van der Waals surface area contributed by atoms with Crippen molar-refractivity contribution < 1.29 is 13.9 Å². The Morgan fingerprint density at radius 3 is 2.46 bits per heavy atom. The molecule has 37 heavy (non-hydrogen) atoms. The van der Waals surface area contributed by atoms with Crippen molar-refractivity contribution in [2.24, 2.45) is 0 Å². The maximum absolute atomic E-state index is 13.1. The Hall–Kier alpha value is -3.84. The predicted molar refractivity (Wildman–Crippen MR) is 143 cm³/mol. The molecule has 4 aromatic rings. The van der Waals surface area contributed by atoms with Crippen LogP contribution in [0, 0.1) is 27.7 Å². The highest BCUT2D eigenvalue weighted by molar-refractivity contribution is 5.91. The molecule has 5 rings (SSSR count). The Balaban J connectivity index is 1.16. The van der Waals surface area contributed by atoms with Crippen molar-refractivity contribution in [2.45, 2.75) is 40.8 Å². The highest BCUT2D eigenvalue weighted by Gasteiger charge is 2.26. The van der Waals surface area contributed by atoms with E-state index >= 15 is 0 Å². The molecular formula is C30H34N4O3. The van der Waals surface area contributed by atoms with E-state index in [-0.39, 0.29) is 5.91 Å². The zero-order chi connectivity index (χ0) is 25.9. The lowest BCUT2D eigenvalue weighted by Gasteiger charge is -2.34. The molecule has 1 fully saturated rings. The number of hydrogen-bond acceptors (Lipinski definition) is 5. The Kier molecular flexibility index (Phi) is 7.15. The number of aromatic nitrogens is 2. The van der Waals surface area contributed by atoms with Crippen LogP contribution in [0.25, 0.3) is 5.69 Å². The lowest BCUT2D eigenvalue weighted by Crippen LogP contribution is -2.48. The summed E-state index contributed by atoms with van der Waals surface area (Å²) in [4.78, 5) is 17.3. The summed E-state index contributed by atoms with van der Waals surface area (Å²) in [6.07, 6.45) is 0. The van der Waals surface area contributed by atoms with Crippen LogP contribution in [-0.4, -0.2) is 51.7 Å². The van der Waals surface area contributed by atoms with Gasteiger partial charge in [-0.3, -0.25) is 9.69 Å². The summed E-state index contributed by atoms with van der Waals surface area (Å²) in [7, 11) is 0. The van der Waals surface area contributed by atoms with Gasteiger partial charge in [0, 0.05) is 44.0 Å². The van der Waals surface area contributed by atoms with E-state index in [2.05, 4.69) is 36.9 Å². The van der Waals surface area contributed by atoms with Gasteiger partial charge in [-0.05, 0) is 69.2 Å². The molecule has 0 bridgehead atoms. The summed E-state index contributed by atoms with van der Waals surface area (Å²) in [5, 5.41) is 4.78. The first kappa shape index (κ1) is 24.8. The van der Waals surface area contributed by atoms with Gasteiger partial charge in [0.15, 0.2) is 5.76 Å². The van der Waals surface area contributed by atoms with Crippen molar-refractivity contribution in [3.8, 4) is 11.4 Å². The summed E-state index contributed by atoms with van der Waals surface area (Å²) in [6.45, 7) is 12.3. The fourth-order valence-corrected chi connectivity index (χ4v) is 4.80. The molecule has 2 aromatic carbocycles. The van der Waals surface area contributed by atoms with Crippen LogP contribution in [0.3, 0.4) is 0 Å². The van der Waals surface area contributed by atoms with Crippen LogP contribution >= 0.6 is 0 Å². The van der Waals surface area contributed by atoms with Crippen molar-refractivity contribution in [1.29, 1.82) is 0 Å². The standard InChI is InChI=1S/C30H34N4O3/c1-21-10-11-22(2)29(18-21)36-20-26-12-13-28(37-26)30(35)33-16-14-32(15-17-33)19-27-23(3)31-34(24(27)4)25-8-6-5-7-9-25/h5-13,18H,14-17,19-20H2,1-4H3. The van der Waals surface area contributed by atoms with Crippen LogP contribution in [0.2, 0.25) is 0 Å². The van der Waals surface area contributed by atoms with Gasteiger partial charge in [0.2, 0.25) is 0 Å². The first-order valence-corrected chi connectivity index (χ1v) is 12.8. The normalized spacial score (nSPS) is 14.2. The molecule has 0 N–H and O–H groups in total. The number of furan rings is 1. The molecule has 3 heterocycles. The van der Waals surface area contributed by atoms with Crippen molar-refractivity contribution in [2.75, 3.05) is 26.2 Å². The van der Waals surface area contributed by atoms with E-state index in [9.17, 15) is 4.79 Å². The summed E-state index contributed by atoms with van der Waals surface area (Å²) >= 11 is 0. The molecule has 1 aliphatic rings. The molecule has 0 radical (unpaired) electrons. The summed E-state index contributed by atoms with van der Waals surface area (Å²) in [6, 6.07) is 19.9. The van der Waals surface area contributed by atoms with Gasteiger partial charge in [-0.25, -0.2) is 4.68 Å². The lowest BCUT2D eigenvalue weighted by molar-refractivity contribution is 0.0593. The van der Waals surface area contributed by atoms with Crippen LogP contribution in [0.15, 0.2) is 65.1 Å².